The van der Waals surface area contributed by atoms with Crippen molar-refractivity contribution in [1.82, 2.24) is 0 Å². The van der Waals surface area contributed by atoms with Crippen molar-refractivity contribution in [3.63, 3.8) is 0 Å². The Morgan fingerprint density at radius 1 is 1.07 bits per heavy atom. The van der Waals surface area contributed by atoms with E-state index in [-0.39, 0.29) is 11.4 Å². The summed E-state index contributed by atoms with van der Waals surface area (Å²) in [6.45, 7) is 11.2. The first-order chi connectivity index (χ1) is 14.2. The Kier molecular flexibility index (Phi) is 8.60. The van der Waals surface area contributed by atoms with Crippen molar-refractivity contribution in [2.24, 2.45) is 5.16 Å². The highest BCUT2D eigenvalue weighted by atomic mass is 16.6. The summed E-state index contributed by atoms with van der Waals surface area (Å²) in [5.41, 5.74) is 5.19. The highest BCUT2D eigenvalue weighted by molar-refractivity contribution is 5.98. The number of carbonyl (C=O) groups is 1. The number of oxime groups is 1. The Balaban J connectivity index is 2.01. The molecule has 0 aliphatic heterocycles. The van der Waals surface area contributed by atoms with Gasteiger partial charge in [0.05, 0.1) is 12.8 Å². The van der Waals surface area contributed by atoms with Crippen molar-refractivity contribution in [3.05, 3.63) is 70.8 Å². The van der Waals surface area contributed by atoms with Crippen LogP contribution in [0.5, 0.6) is 0 Å². The van der Waals surface area contributed by atoms with E-state index in [1.165, 1.54) is 12.7 Å². The van der Waals surface area contributed by atoms with E-state index in [2.05, 4.69) is 50.2 Å². The third-order valence-corrected chi connectivity index (χ3v) is 4.85. The fourth-order valence-electron chi connectivity index (χ4n) is 3.04. The van der Waals surface area contributed by atoms with Gasteiger partial charge in [0.2, 0.25) is 0 Å². The number of hydrogen-bond donors (Lipinski definition) is 0. The molecule has 0 aliphatic carbocycles. The van der Waals surface area contributed by atoms with Gasteiger partial charge in [-0.1, -0.05) is 68.4 Å². The van der Waals surface area contributed by atoms with E-state index in [4.69, 9.17) is 14.3 Å². The lowest BCUT2D eigenvalue weighted by Crippen LogP contribution is -2.28. The van der Waals surface area contributed by atoms with Crippen molar-refractivity contribution in [3.8, 4) is 0 Å². The van der Waals surface area contributed by atoms with E-state index in [9.17, 15) is 4.79 Å². The van der Waals surface area contributed by atoms with Crippen LogP contribution in [-0.2, 0) is 37.5 Å². The average molecular weight is 412 g/mol. The Labute approximate surface area is 180 Å². The second-order valence-corrected chi connectivity index (χ2v) is 8.27. The van der Waals surface area contributed by atoms with Crippen LogP contribution < -0.4 is 0 Å². The number of methoxy groups -OCH3 is 1. The molecule has 0 bridgehead atoms. The molecule has 162 valence electrons. The fourth-order valence-corrected chi connectivity index (χ4v) is 3.04. The van der Waals surface area contributed by atoms with E-state index < -0.39 is 6.10 Å². The van der Waals surface area contributed by atoms with Gasteiger partial charge in [-0.15, -0.1) is 0 Å². The molecule has 5 heteroatoms. The van der Waals surface area contributed by atoms with Gasteiger partial charge in [-0.2, -0.15) is 0 Å². The maximum atomic E-state index is 11.9. The summed E-state index contributed by atoms with van der Waals surface area (Å²) in [5.74, 6) is -0.367. The number of ether oxygens (including phenoxy) is 2. The minimum absolute atomic E-state index is 0.133. The standard InChI is InChI=1S/C25H33NO4/c1-7-29-23(24(27)28-6)16-20-9-8-10-21(15-20)18(2)26-30-17-19-11-13-22(14-12-19)25(3,4)5/h8-15,23H,7,16-17H2,1-6H3/b26-18+/t23-/m1/s1. The third-order valence-electron chi connectivity index (χ3n) is 4.85. The molecule has 2 rings (SSSR count). The second-order valence-electron chi connectivity index (χ2n) is 8.27. The van der Waals surface area contributed by atoms with Crippen molar-refractivity contribution < 1.29 is 19.1 Å². The Bertz CT molecular complexity index is 850. The molecule has 0 heterocycles. The van der Waals surface area contributed by atoms with Gasteiger partial charge in [0, 0.05) is 13.0 Å². The first-order valence-electron chi connectivity index (χ1n) is 10.3. The molecule has 0 spiro atoms. The number of carbonyl (C=O) groups excluding carboxylic acids is 1. The lowest BCUT2D eigenvalue weighted by molar-refractivity contribution is -0.153. The molecular weight excluding hydrogens is 378 g/mol. The summed E-state index contributed by atoms with van der Waals surface area (Å²) in [4.78, 5) is 17.5. The van der Waals surface area contributed by atoms with Gasteiger partial charge in [-0.25, -0.2) is 4.79 Å². The Hall–Kier alpha value is -2.66. The third kappa shape index (κ3) is 6.99. The summed E-state index contributed by atoms with van der Waals surface area (Å²) in [5, 5.41) is 4.26. The lowest BCUT2D eigenvalue weighted by atomic mass is 9.87. The summed E-state index contributed by atoms with van der Waals surface area (Å²) in [7, 11) is 1.37. The SMILES string of the molecule is CCO[C@H](Cc1cccc(/C(C)=N/OCc2ccc(C(C)(C)C)cc2)c1)C(=O)OC. The van der Waals surface area contributed by atoms with Crippen LogP contribution in [0.4, 0.5) is 0 Å². The molecule has 2 aromatic carbocycles. The van der Waals surface area contributed by atoms with Crippen LogP contribution in [0.1, 0.15) is 56.9 Å². The molecule has 0 saturated heterocycles. The second kappa shape index (κ2) is 10.9. The number of benzene rings is 2. The van der Waals surface area contributed by atoms with Crippen LogP contribution in [0.15, 0.2) is 53.7 Å². The molecule has 5 nitrogen and oxygen atoms in total. The van der Waals surface area contributed by atoms with E-state index in [1.54, 1.807) is 0 Å². The minimum Gasteiger partial charge on any atom is -0.467 e. The zero-order valence-electron chi connectivity index (χ0n) is 18.9. The van der Waals surface area contributed by atoms with Crippen molar-refractivity contribution in [2.75, 3.05) is 13.7 Å². The summed E-state index contributed by atoms with van der Waals surface area (Å²) < 4.78 is 10.3. The quantitative estimate of drug-likeness (QED) is 0.329. The van der Waals surface area contributed by atoms with Gasteiger partial charge in [0.1, 0.15) is 6.61 Å². The Morgan fingerprint density at radius 3 is 2.37 bits per heavy atom. The first-order valence-corrected chi connectivity index (χ1v) is 10.3. The molecule has 1 atom stereocenters. The normalized spacial score (nSPS) is 13.1. The molecule has 0 aliphatic rings. The van der Waals surface area contributed by atoms with Crippen molar-refractivity contribution in [2.45, 2.75) is 59.2 Å². The molecule has 0 fully saturated rings. The largest absolute Gasteiger partial charge is 0.467 e. The van der Waals surface area contributed by atoms with E-state index >= 15 is 0 Å². The number of rotatable bonds is 9. The predicted molar refractivity (Wildman–Crippen MR) is 120 cm³/mol. The molecule has 0 aromatic heterocycles. The molecule has 0 amide bonds. The van der Waals surface area contributed by atoms with Gasteiger partial charge in [-0.05, 0) is 47.6 Å². The first kappa shape index (κ1) is 23.6. The van der Waals surface area contributed by atoms with Crippen LogP contribution in [0.3, 0.4) is 0 Å². The van der Waals surface area contributed by atoms with Crippen LogP contribution in [-0.4, -0.2) is 31.5 Å². The average Bonchev–Trinajstić information content (AvgIpc) is 2.72. The van der Waals surface area contributed by atoms with Crippen LogP contribution in [0.2, 0.25) is 0 Å². The monoisotopic (exact) mass is 411 g/mol. The van der Waals surface area contributed by atoms with Crippen LogP contribution in [0.25, 0.3) is 0 Å². The summed E-state index contributed by atoms with van der Waals surface area (Å²) in [6, 6.07) is 16.3. The van der Waals surface area contributed by atoms with Crippen molar-refractivity contribution in [1.29, 1.82) is 0 Å². The van der Waals surface area contributed by atoms with E-state index in [1.807, 2.05) is 38.1 Å². The topological polar surface area (TPSA) is 57.1 Å². The molecule has 0 N–H and O–H groups in total. The van der Waals surface area contributed by atoms with Gasteiger partial charge in [0.25, 0.3) is 0 Å². The lowest BCUT2D eigenvalue weighted by Gasteiger charge is -2.19. The zero-order valence-corrected chi connectivity index (χ0v) is 18.9. The van der Waals surface area contributed by atoms with Crippen LogP contribution in [0, 0.1) is 0 Å². The van der Waals surface area contributed by atoms with Gasteiger partial charge in [0.15, 0.2) is 6.10 Å². The molecule has 0 unspecified atom stereocenters. The van der Waals surface area contributed by atoms with Crippen LogP contribution >= 0.6 is 0 Å². The summed E-state index contributed by atoms with van der Waals surface area (Å²) >= 11 is 0. The predicted octanol–water partition coefficient (Wildman–Crippen LogP) is 5.05. The summed E-state index contributed by atoms with van der Waals surface area (Å²) in [6.07, 6.45) is -0.164. The number of hydrogen-bond acceptors (Lipinski definition) is 5. The maximum Gasteiger partial charge on any atom is 0.335 e. The van der Waals surface area contributed by atoms with Gasteiger partial charge < -0.3 is 14.3 Å². The van der Waals surface area contributed by atoms with E-state index in [0.29, 0.717) is 19.6 Å². The molecule has 0 saturated carbocycles. The fraction of sp³-hybridized carbons (Fsp3) is 0.440. The molecular formula is C25H33NO4. The maximum absolute atomic E-state index is 11.9. The van der Waals surface area contributed by atoms with Crippen molar-refractivity contribution >= 4 is 11.7 Å². The molecule has 2 aromatic rings. The van der Waals surface area contributed by atoms with E-state index in [0.717, 1.165) is 22.4 Å². The Morgan fingerprint density at radius 2 is 1.77 bits per heavy atom. The molecule has 30 heavy (non-hydrogen) atoms. The number of nitrogens with zero attached hydrogens (tertiary/aromatic N) is 1. The highest BCUT2D eigenvalue weighted by Gasteiger charge is 2.20. The highest BCUT2D eigenvalue weighted by Crippen LogP contribution is 2.22. The molecule has 0 radical (unpaired) electrons. The van der Waals surface area contributed by atoms with Gasteiger partial charge in [-0.3, -0.25) is 0 Å². The van der Waals surface area contributed by atoms with Gasteiger partial charge >= 0.3 is 5.97 Å². The zero-order chi connectivity index (χ0) is 22.1. The minimum atomic E-state index is -0.611. The number of esters is 1. The smallest absolute Gasteiger partial charge is 0.335 e.